The van der Waals surface area contributed by atoms with E-state index in [0.29, 0.717) is 17.4 Å². The number of Topliss-reactive ketones (excluding diaryl/α,β-unsaturated/α-hetero) is 1. The van der Waals surface area contributed by atoms with Crippen molar-refractivity contribution in [3.05, 3.63) is 95.3 Å². The number of benzene rings is 2. The van der Waals surface area contributed by atoms with Gasteiger partial charge in [0.25, 0.3) is 11.7 Å². The van der Waals surface area contributed by atoms with Crippen LogP contribution in [0.3, 0.4) is 0 Å². The van der Waals surface area contributed by atoms with Gasteiger partial charge >= 0.3 is 0 Å². The van der Waals surface area contributed by atoms with Gasteiger partial charge in [-0.05, 0) is 61.9 Å². The van der Waals surface area contributed by atoms with E-state index in [9.17, 15) is 23.5 Å². The lowest BCUT2D eigenvalue weighted by molar-refractivity contribution is -0.132. The van der Waals surface area contributed by atoms with Crippen LogP contribution in [-0.2, 0) is 9.59 Å². The summed E-state index contributed by atoms with van der Waals surface area (Å²) in [5.41, 5.74) is 0.139. The van der Waals surface area contributed by atoms with Gasteiger partial charge in [0.2, 0.25) is 0 Å². The van der Waals surface area contributed by atoms with Crippen LogP contribution in [0.4, 0.5) is 14.5 Å². The first-order chi connectivity index (χ1) is 15.8. The summed E-state index contributed by atoms with van der Waals surface area (Å²) in [4.78, 5) is 30.9. The lowest BCUT2D eigenvalue weighted by Crippen LogP contribution is -2.30. The van der Waals surface area contributed by atoms with E-state index in [-0.39, 0.29) is 22.9 Å². The fourth-order valence-electron chi connectivity index (χ4n) is 3.73. The molecule has 0 bridgehead atoms. The molecule has 4 rings (SSSR count). The van der Waals surface area contributed by atoms with Crippen molar-refractivity contribution in [2.45, 2.75) is 26.0 Å². The van der Waals surface area contributed by atoms with E-state index in [4.69, 9.17) is 4.74 Å². The van der Waals surface area contributed by atoms with Gasteiger partial charge in [0.05, 0.1) is 23.4 Å². The van der Waals surface area contributed by atoms with Crippen molar-refractivity contribution in [1.82, 2.24) is 4.98 Å². The van der Waals surface area contributed by atoms with E-state index >= 15 is 0 Å². The summed E-state index contributed by atoms with van der Waals surface area (Å²) in [5.74, 6) is -3.73. The van der Waals surface area contributed by atoms with Crippen molar-refractivity contribution in [1.29, 1.82) is 0 Å². The molecule has 1 fully saturated rings. The van der Waals surface area contributed by atoms with Crippen molar-refractivity contribution >= 4 is 23.1 Å². The third kappa shape index (κ3) is 4.19. The Morgan fingerprint density at radius 2 is 1.82 bits per heavy atom. The number of ether oxygens (including phenoxy) is 1. The van der Waals surface area contributed by atoms with Gasteiger partial charge in [-0.2, -0.15) is 0 Å². The van der Waals surface area contributed by atoms with Gasteiger partial charge in [0, 0.05) is 24.0 Å². The maximum atomic E-state index is 14.6. The first-order valence-electron chi connectivity index (χ1n) is 10.2. The highest BCUT2D eigenvalue weighted by atomic mass is 19.1. The molecule has 1 unspecified atom stereocenters. The second-order valence-electron chi connectivity index (χ2n) is 7.74. The van der Waals surface area contributed by atoms with Gasteiger partial charge in [-0.1, -0.05) is 6.07 Å². The van der Waals surface area contributed by atoms with Crippen molar-refractivity contribution in [3.8, 4) is 5.75 Å². The summed E-state index contributed by atoms with van der Waals surface area (Å²) < 4.78 is 33.7. The predicted molar refractivity (Wildman–Crippen MR) is 118 cm³/mol. The molecule has 2 aromatic carbocycles. The minimum Gasteiger partial charge on any atom is -0.507 e. The minimum atomic E-state index is -1.16. The largest absolute Gasteiger partial charge is 0.507 e. The molecule has 0 aliphatic carbocycles. The van der Waals surface area contributed by atoms with E-state index in [1.807, 2.05) is 13.8 Å². The molecule has 1 aliphatic rings. The van der Waals surface area contributed by atoms with Crippen LogP contribution in [0, 0.1) is 11.6 Å². The molecule has 1 saturated heterocycles. The van der Waals surface area contributed by atoms with Crippen LogP contribution in [0.1, 0.15) is 31.0 Å². The van der Waals surface area contributed by atoms with Crippen LogP contribution >= 0.6 is 0 Å². The Morgan fingerprint density at radius 1 is 1.09 bits per heavy atom. The number of hydrogen-bond donors (Lipinski definition) is 1. The molecule has 0 spiro atoms. The van der Waals surface area contributed by atoms with Gasteiger partial charge in [-0.3, -0.25) is 19.5 Å². The quantitative estimate of drug-likeness (QED) is 0.344. The van der Waals surface area contributed by atoms with Crippen LogP contribution in [-0.4, -0.2) is 27.9 Å². The van der Waals surface area contributed by atoms with Gasteiger partial charge in [-0.15, -0.1) is 0 Å². The third-order valence-corrected chi connectivity index (χ3v) is 5.11. The SMILES string of the molecule is CC(C)Oc1ccc(/C(O)=C2\C(=O)C(=O)N(c3ccc(F)cc3F)C2c2cccnc2)cc1. The van der Waals surface area contributed by atoms with E-state index in [1.54, 1.807) is 36.4 Å². The molecule has 1 amide bonds. The standard InChI is InChI=1S/C25H20F2N2O4/c1-14(2)33-18-8-5-15(6-9-18)23(30)21-22(16-4-3-11-28-13-16)29(25(32)24(21)31)20-10-7-17(26)12-19(20)27/h3-14,22,30H,1-2H3/b23-21+. The number of aliphatic hydroxyl groups excluding tert-OH is 1. The first kappa shape index (κ1) is 22.1. The number of hydrogen-bond acceptors (Lipinski definition) is 5. The second kappa shape index (κ2) is 8.82. The first-order valence-corrected chi connectivity index (χ1v) is 10.2. The summed E-state index contributed by atoms with van der Waals surface area (Å²) in [6, 6.07) is 11.1. The van der Waals surface area contributed by atoms with Crippen LogP contribution in [0.5, 0.6) is 5.75 Å². The topological polar surface area (TPSA) is 79.7 Å². The molecule has 168 valence electrons. The van der Waals surface area contributed by atoms with E-state index in [1.165, 1.54) is 12.4 Å². The van der Waals surface area contributed by atoms with Crippen LogP contribution < -0.4 is 9.64 Å². The van der Waals surface area contributed by atoms with Crippen LogP contribution in [0.25, 0.3) is 5.76 Å². The molecule has 1 aliphatic heterocycles. The highest BCUT2D eigenvalue weighted by molar-refractivity contribution is 6.51. The monoisotopic (exact) mass is 450 g/mol. The number of halogens is 2. The summed E-state index contributed by atoms with van der Waals surface area (Å²) in [6.07, 6.45) is 2.87. The highest BCUT2D eigenvalue weighted by Crippen LogP contribution is 2.42. The van der Waals surface area contributed by atoms with Gasteiger partial charge in [0.15, 0.2) is 0 Å². The molecule has 0 saturated carbocycles. The lowest BCUT2D eigenvalue weighted by Gasteiger charge is -2.25. The predicted octanol–water partition coefficient (Wildman–Crippen LogP) is 4.77. The Bertz CT molecular complexity index is 1240. The van der Waals surface area contributed by atoms with Crippen LogP contribution in [0.15, 0.2) is 72.6 Å². The minimum absolute atomic E-state index is 0.0500. The fraction of sp³-hybridized carbons (Fsp3) is 0.160. The van der Waals surface area contributed by atoms with Crippen molar-refractivity contribution < 1.29 is 28.2 Å². The number of pyridine rings is 1. The van der Waals surface area contributed by atoms with Gasteiger partial charge in [0.1, 0.15) is 23.1 Å². The van der Waals surface area contributed by atoms with Crippen molar-refractivity contribution in [2.75, 3.05) is 4.90 Å². The van der Waals surface area contributed by atoms with Gasteiger partial charge in [-0.25, -0.2) is 8.78 Å². The zero-order valence-corrected chi connectivity index (χ0v) is 17.8. The third-order valence-electron chi connectivity index (χ3n) is 5.11. The number of carbonyl (C=O) groups is 2. The average molecular weight is 450 g/mol. The Labute approximate surface area is 188 Å². The Balaban J connectivity index is 1.87. The zero-order valence-electron chi connectivity index (χ0n) is 17.8. The smallest absolute Gasteiger partial charge is 0.300 e. The van der Waals surface area contributed by atoms with E-state index < -0.39 is 35.1 Å². The number of aliphatic hydroxyl groups is 1. The Morgan fingerprint density at radius 3 is 2.42 bits per heavy atom. The number of rotatable bonds is 5. The summed E-state index contributed by atoms with van der Waals surface area (Å²) in [6.45, 7) is 3.75. The average Bonchev–Trinajstić information content (AvgIpc) is 3.05. The zero-order chi connectivity index (χ0) is 23.7. The lowest BCUT2D eigenvalue weighted by atomic mass is 9.96. The highest BCUT2D eigenvalue weighted by Gasteiger charge is 2.47. The number of anilines is 1. The molecular weight excluding hydrogens is 430 g/mol. The molecule has 0 radical (unpaired) electrons. The van der Waals surface area contributed by atoms with Crippen molar-refractivity contribution in [3.63, 3.8) is 0 Å². The number of amides is 1. The maximum Gasteiger partial charge on any atom is 0.300 e. The molecule has 8 heteroatoms. The fourth-order valence-corrected chi connectivity index (χ4v) is 3.73. The number of carbonyl (C=O) groups excluding carboxylic acids is 2. The number of aromatic nitrogens is 1. The summed E-state index contributed by atoms with van der Waals surface area (Å²) in [5, 5.41) is 11.1. The van der Waals surface area contributed by atoms with Crippen molar-refractivity contribution in [2.24, 2.45) is 0 Å². The molecule has 1 N–H and O–H groups in total. The summed E-state index contributed by atoms with van der Waals surface area (Å²) in [7, 11) is 0. The number of nitrogens with zero attached hydrogens (tertiary/aromatic N) is 2. The maximum absolute atomic E-state index is 14.6. The Kier molecular flexibility index (Phi) is 5.91. The molecule has 2 heterocycles. The molecule has 33 heavy (non-hydrogen) atoms. The van der Waals surface area contributed by atoms with Crippen LogP contribution in [0.2, 0.25) is 0 Å². The molecule has 1 aromatic heterocycles. The Hall–Kier alpha value is -4.07. The molecule has 1 atom stereocenters. The van der Waals surface area contributed by atoms with E-state index in [0.717, 1.165) is 17.0 Å². The number of ketones is 1. The van der Waals surface area contributed by atoms with E-state index in [2.05, 4.69) is 4.98 Å². The normalized spacial score (nSPS) is 17.6. The second-order valence-corrected chi connectivity index (χ2v) is 7.74. The van der Waals surface area contributed by atoms with Gasteiger partial charge < -0.3 is 9.84 Å². The molecule has 3 aromatic rings. The molecule has 6 nitrogen and oxygen atoms in total. The molecular formula is C25H20F2N2O4. The summed E-state index contributed by atoms with van der Waals surface area (Å²) >= 11 is 0.